The summed E-state index contributed by atoms with van der Waals surface area (Å²) in [6.45, 7) is 0.893. The van der Waals surface area contributed by atoms with E-state index in [9.17, 15) is 0 Å². The summed E-state index contributed by atoms with van der Waals surface area (Å²) in [5, 5.41) is 0. The molecule has 2 aliphatic rings. The van der Waals surface area contributed by atoms with Gasteiger partial charge in [-0.25, -0.2) is 0 Å². The minimum absolute atomic E-state index is 0.622. The molecule has 1 fully saturated rings. The second-order valence-electron chi connectivity index (χ2n) is 5.55. The van der Waals surface area contributed by atoms with Crippen molar-refractivity contribution < 1.29 is 4.74 Å². The van der Waals surface area contributed by atoms with Gasteiger partial charge in [-0.2, -0.15) is 0 Å². The number of fused-ring (bicyclic) bond motifs is 1. The second-order valence-corrected chi connectivity index (χ2v) is 6.72. The molecule has 0 bridgehead atoms. The van der Waals surface area contributed by atoms with Crippen LogP contribution in [-0.4, -0.2) is 11.4 Å². The average molecular weight is 309 g/mol. The first-order valence-electron chi connectivity index (χ1n) is 7.25. The van der Waals surface area contributed by atoms with Crippen molar-refractivity contribution in [2.24, 2.45) is 0 Å². The van der Waals surface area contributed by atoms with Gasteiger partial charge in [0.25, 0.3) is 0 Å². The molecule has 2 unspecified atom stereocenters. The summed E-state index contributed by atoms with van der Waals surface area (Å²) in [4.78, 5) is 0.622. The van der Waals surface area contributed by atoms with Crippen molar-refractivity contribution in [1.29, 1.82) is 0 Å². The van der Waals surface area contributed by atoms with Crippen molar-refractivity contribution >= 4 is 15.9 Å². The van der Waals surface area contributed by atoms with Crippen molar-refractivity contribution in [2.45, 2.75) is 55.7 Å². The molecule has 1 heterocycles. The summed E-state index contributed by atoms with van der Waals surface area (Å²) < 4.78 is 5.98. The molecular formula is C16H21BrO. The van der Waals surface area contributed by atoms with Crippen LogP contribution in [0.5, 0.6) is 5.75 Å². The largest absolute Gasteiger partial charge is 0.493 e. The lowest BCUT2D eigenvalue weighted by Gasteiger charge is -2.27. The van der Waals surface area contributed by atoms with E-state index in [1.807, 2.05) is 0 Å². The molecule has 2 atom stereocenters. The molecule has 0 saturated heterocycles. The summed E-state index contributed by atoms with van der Waals surface area (Å²) in [6, 6.07) is 6.74. The van der Waals surface area contributed by atoms with Gasteiger partial charge in [0.2, 0.25) is 0 Å². The fourth-order valence-corrected chi connectivity index (χ4v) is 4.19. The van der Waals surface area contributed by atoms with E-state index in [-0.39, 0.29) is 0 Å². The second kappa shape index (κ2) is 5.64. The normalized spacial score (nSPS) is 28.1. The maximum Gasteiger partial charge on any atom is 0.125 e. The highest BCUT2D eigenvalue weighted by Gasteiger charge is 2.27. The molecule has 0 radical (unpaired) electrons. The fraction of sp³-hybridized carbons (Fsp3) is 0.625. The molecule has 1 aromatic carbocycles. The van der Waals surface area contributed by atoms with E-state index in [1.165, 1.54) is 61.8 Å². The quantitative estimate of drug-likeness (QED) is 0.534. The van der Waals surface area contributed by atoms with Gasteiger partial charge in [0.05, 0.1) is 6.61 Å². The Morgan fingerprint density at radius 2 is 1.94 bits per heavy atom. The van der Waals surface area contributed by atoms with Gasteiger partial charge in [0, 0.05) is 10.7 Å². The lowest BCUT2D eigenvalue weighted by molar-refractivity contribution is 0.282. The van der Waals surface area contributed by atoms with Crippen LogP contribution in [0.2, 0.25) is 0 Å². The number of ether oxygens (including phenoxy) is 1. The Morgan fingerprint density at radius 3 is 2.89 bits per heavy atom. The number of halogens is 1. The van der Waals surface area contributed by atoms with E-state index in [0.717, 1.165) is 6.61 Å². The van der Waals surface area contributed by atoms with Crippen LogP contribution >= 0.6 is 15.9 Å². The molecule has 1 aliphatic carbocycles. The summed E-state index contributed by atoms with van der Waals surface area (Å²) in [5.74, 6) is 1.85. The maximum absolute atomic E-state index is 5.98. The average Bonchev–Trinajstić information content (AvgIpc) is 2.63. The summed E-state index contributed by atoms with van der Waals surface area (Å²) >= 11 is 3.91. The van der Waals surface area contributed by atoms with Crippen LogP contribution in [0.25, 0.3) is 0 Å². The highest BCUT2D eigenvalue weighted by molar-refractivity contribution is 9.09. The third-order valence-electron chi connectivity index (χ3n) is 4.29. The molecule has 2 heteroatoms. The van der Waals surface area contributed by atoms with Gasteiger partial charge in [-0.3, -0.25) is 0 Å². The highest BCUT2D eigenvalue weighted by atomic mass is 79.9. The van der Waals surface area contributed by atoms with Gasteiger partial charge in [0.1, 0.15) is 5.75 Å². The molecule has 18 heavy (non-hydrogen) atoms. The standard InChI is InChI=1S/C16H21BrO/c17-15-10-3-1-2-8-13(15)14-9-4-6-12-7-5-11-18-16(12)14/h4,6,9,13,15H,1-3,5,7-8,10-11H2. The Balaban J connectivity index is 1.94. The lowest BCUT2D eigenvalue weighted by Crippen LogP contribution is -2.16. The zero-order chi connectivity index (χ0) is 12.4. The van der Waals surface area contributed by atoms with Gasteiger partial charge < -0.3 is 4.74 Å². The van der Waals surface area contributed by atoms with Crippen LogP contribution in [0.3, 0.4) is 0 Å². The number of rotatable bonds is 1. The van der Waals surface area contributed by atoms with E-state index in [0.29, 0.717) is 10.7 Å². The monoisotopic (exact) mass is 308 g/mol. The number of aryl methyl sites for hydroxylation is 1. The summed E-state index contributed by atoms with van der Waals surface area (Å²) in [5.41, 5.74) is 2.87. The fourth-order valence-electron chi connectivity index (χ4n) is 3.32. The molecule has 98 valence electrons. The van der Waals surface area contributed by atoms with E-state index in [1.54, 1.807) is 0 Å². The molecular weight excluding hydrogens is 288 g/mol. The van der Waals surface area contributed by atoms with E-state index in [2.05, 4.69) is 34.1 Å². The van der Waals surface area contributed by atoms with Gasteiger partial charge in [-0.1, -0.05) is 53.4 Å². The first-order chi connectivity index (χ1) is 8.86. The Hall–Kier alpha value is -0.500. The van der Waals surface area contributed by atoms with Gasteiger partial charge in [-0.05, 0) is 36.8 Å². The first-order valence-corrected chi connectivity index (χ1v) is 8.16. The predicted octanol–water partition coefficient (Wildman–Crippen LogP) is 4.82. The third kappa shape index (κ3) is 2.45. The molecule has 3 rings (SSSR count). The van der Waals surface area contributed by atoms with Gasteiger partial charge >= 0.3 is 0 Å². The van der Waals surface area contributed by atoms with Crippen LogP contribution < -0.4 is 4.74 Å². The predicted molar refractivity (Wildman–Crippen MR) is 78.8 cm³/mol. The molecule has 0 N–H and O–H groups in total. The Labute approximate surface area is 118 Å². The highest BCUT2D eigenvalue weighted by Crippen LogP contribution is 2.42. The Bertz CT molecular complexity index is 416. The first kappa shape index (κ1) is 12.5. The molecule has 0 amide bonds. The smallest absolute Gasteiger partial charge is 0.125 e. The van der Waals surface area contributed by atoms with Gasteiger partial charge in [0.15, 0.2) is 0 Å². The third-order valence-corrected chi connectivity index (χ3v) is 5.39. The number of para-hydroxylation sites is 1. The van der Waals surface area contributed by atoms with Crippen LogP contribution in [0.15, 0.2) is 18.2 Å². The number of alkyl halides is 1. The van der Waals surface area contributed by atoms with Crippen LogP contribution in [-0.2, 0) is 6.42 Å². The van der Waals surface area contributed by atoms with Gasteiger partial charge in [-0.15, -0.1) is 0 Å². The lowest BCUT2D eigenvalue weighted by atomic mass is 9.88. The van der Waals surface area contributed by atoms with Crippen LogP contribution in [0.4, 0.5) is 0 Å². The van der Waals surface area contributed by atoms with Crippen molar-refractivity contribution in [2.75, 3.05) is 6.61 Å². The molecule has 1 aliphatic heterocycles. The van der Waals surface area contributed by atoms with E-state index in [4.69, 9.17) is 4.74 Å². The van der Waals surface area contributed by atoms with Crippen LogP contribution in [0, 0.1) is 0 Å². The number of hydrogen-bond acceptors (Lipinski definition) is 1. The molecule has 0 spiro atoms. The maximum atomic E-state index is 5.98. The molecule has 1 aromatic rings. The van der Waals surface area contributed by atoms with Crippen molar-refractivity contribution in [3.63, 3.8) is 0 Å². The zero-order valence-electron chi connectivity index (χ0n) is 10.8. The number of benzene rings is 1. The topological polar surface area (TPSA) is 9.23 Å². The molecule has 0 aromatic heterocycles. The van der Waals surface area contributed by atoms with Crippen LogP contribution in [0.1, 0.15) is 55.6 Å². The van der Waals surface area contributed by atoms with Crippen molar-refractivity contribution in [1.82, 2.24) is 0 Å². The minimum Gasteiger partial charge on any atom is -0.493 e. The van der Waals surface area contributed by atoms with Crippen molar-refractivity contribution in [3.8, 4) is 5.75 Å². The molecule has 1 nitrogen and oxygen atoms in total. The Kier molecular flexibility index (Phi) is 3.93. The van der Waals surface area contributed by atoms with E-state index >= 15 is 0 Å². The Morgan fingerprint density at radius 1 is 1.06 bits per heavy atom. The minimum atomic E-state index is 0.622. The van der Waals surface area contributed by atoms with Crippen molar-refractivity contribution in [3.05, 3.63) is 29.3 Å². The zero-order valence-corrected chi connectivity index (χ0v) is 12.4. The van der Waals surface area contributed by atoms with E-state index < -0.39 is 0 Å². The SMILES string of the molecule is BrC1CCCCCC1c1cccc2c1OCCC2. The summed E-state index contributed by atoms with van der Waals surface area (Å²) in [7, 11) is 0. The summed E-state index contributed by atoms with van der Waals surface area (Å²) in [6.07, 6.45) is 9.05. The molecule has 1 saturated carbocycles. The number of hydrogen-bond donors (Lipinski definition) is 0.